The number of carbonyl (C=O) groups is 3. The fourth-order valence-corrected chi connectivity index (χ4v) is 4.07. The molecule has 0 bridgehead atoms. The molecule has 1 aliphatic rings. The van der Waals surface area contributed by atoms with Crippen LogP contribution in [0.3, 0.4) is 0 Å². The second-order valence-corrected chi connectivity index (χ2v) is 9.63. The number of Topliss-reactive ketones (excluding diaryl/α,β-unsaturated/α-hetero) is 1. The molecule has 1 fully saturated rings. The molecule has 0 N–H and O–H groups in total. The summed E-state index contributed by atoms with van der Waals surface area (Å²) in [5.74, 6) is -1.71. The highest BCUT2D eigenvalue weighted by Gasteiger charge is 2.37. The van der Waals surface area contributed by atoms with Crippen molar-refractivity contribution in [2.45, 2.75) is 45.3 Å². The molecule has 1 amide bonds. The van der Waals surface area contributed by atoms with Gasteiger partial charge in [-0.25, -0.2) is 14.0 Å². The van der Waals surface area contributed by atoms with E-state index in [2.05, 4.69) is 0 Å². The number of amides is 1. The third-order valence-electron chi connectivity index (χ3n) is 4.93. The number of hydrogen-bond acceptors (Lipinski definition) is 5. The molecule has 0 aromatic heterocycles. The van der Waals surface area contributed by atoms with Crippen molar-refractivity contribution < 1.29 is 28.2 Å². The van der Waals surface area contributed by atoms with Crippen molar-refractivity contribution in [3.8, 4) is 11.1 Å². The molecule has 3 rings (SSSR count). The summed E-state index contributed by atoms with van der Waals surface area (Å²) in [6, 6.07) is 11.1. The first-order chi connectivity index (χ1) is 15.1. The first kappa shape index (κ1) is 24.2. The number of rotatable bonds is 5. The minimum atomic E-state index is -0.800. The van der Waals surface area contributed by atoms with E-state index in [-0.39, 0.29) is 5.56 Å². The minimum Gasteiger partial charge on any atom is -0.456 e. The van der Waals surface area contributed by atoms with E-state index in [1.54, 1.807) is 26.8 Å². The highest BCUT2D eigenvalue weighted by Crippen LogP contribution is 2.29. The van der Waals surface area contributed by atoms with Crippen LogP contribution in [0.2, 0.25) is 0 Å². The van der Waals surface area contributed by atoms with E-state index in [4.69, 9.17) is 9.47 Å². The van der Waals surface area contributed by atoms with Crippen molar-refractivity contribution in [1.29, 1.82) is 0 Å². The van der Waals surface area contributed by atoms with Gasteiger partial charge in [0.1, 0.15) is 17.5 Å². The van der Waals surface area contributed by atoms with Gasteiger partial charge in [-0.05, 0) is 79.5 Å². The van der Waals surface area contributed by atoms with Crippen LogP contribution in [0.4, 0.5) is 9.18 Å². The molecule has 0 unspecified atom stereocenters. The molecule has 32 heavy (non-hydrogen) atoms. The number of benzene rings is 2. The fraction of sp³-hybridized carbons (Fsp3) is 0.375. The Morgan fingerprint density at radius 3 is 2.50 bits per heavy atom. The largest absolute Gasteiger partial charge is 0.456 e. The molecule has 8 heteroatoms. The molecule has 1 aliphatic heterocycles. The Morgan fingerprint density at radius 2 is 1.84 bits per heavy atom. The molecule has 1 saturated heterocycles. The summed E-state index contributed by atoms with van der Waals surface area (Å²) in [5, 5.41) is 0. The Labute approximate surface area is 200 Å². The van der Waals surface area contributed by atoms with E-state index in [1.165, 1.54) is 4.90 Å². The number of likely N-dealkylation sites (tertiary alicyclic amines) is 1. The zero-order chi connectivity index (χ0) is 23.5. The van der Waals surface area contributed by atoms with Crippen LogP contribution in [-0.4, -0.2) is 47.5 Å². The van der Waals surface area contributed by atoms with Crippen LogP contribution >= 0.6 is 22.6 Å². The molecule has 0 radical (unpaired) electrons. The van der Waals surface area contributed by atoms with Crippen molar-refractivity contribution >= 4 is 40.4 Å². The van der Waals surface area contributed by atoms with Gasteiger partial charge in [-0.15, -0.1) is 0 Å². The molecule has 170 valence electrons. The number of hydrogen-bond donors (Lipinski definition) is 0. The zero-order valence-corrected chi connectivity index (χ0v) is 20.3. The van der Waals surface area contributed by atoms with Gasteiger partial charge in [0, 0.05) is 12.1 Å². The van der Waals surface area contributed by atoms with Gasteiger partial charge >= 0.3 is 12.1 Å². The average Bonchev–Trinajstić information content (AvgIpc) is 3.23. The Kier molecular flexibility index (Phi) is 7.53. The number of nitrogens with zero attached hydrogens (tertiary/aromatic N) is 1. The lowest BCUT2D eigenvalue weighted by atomic mass is 10.0. The first-order valence-electron chi connectivity index (χ1n) is 10.3. The van der Waals surface area contributed by atoms with Crippen LogP contribution in [0, 0.1) is 9.39 Å². The molecule has 2 aromatic rings. The van der Waals surface area contributed by atoms with Gasteiger partial charge < -0.3 is 9.47 Å². The van der Waals surface area contributed by atoms with Gasteiger partial charge in [0.2, 0.25) is 0 Å². The van der Waals surface area contributed by atoms with Gasteiger partial charge in [-0.2, -0.15) is 0 Å². The quantitative estimate of drug-likeness (QED) is 0.289. The van der Waals surface area contributed by atoms with E-state index in [9.17, 15) is 18.8 Å². The Balaban J connectivity index is 1.68. The summed E-state index contributed by atoms with van der Waals surface area (Å²) in [7, 11) is 0. The number of halogens is 2. The maximum atomic E-state index is 14.5. The minimum absolute atomic E-state index is 0.116. The van der Waals surface area contributed by atoms with E-state index < -0.39 is 41.9 Å². The molecule has 6 nitrogen and oxygen atoms in total. The lowest BCUT2D eigenvalue weighted by Crippen LogP contribution is -2.44. The Hall–Kier alpha value is -2.49. The van der Waals surface area contributed by atoms with Crippen LogP contribution in [0.5, 0.6) is 0 Å². The van der Waals surface area contributed by atoms with Crippen molar-refractivity contribution in [1.82, 2.24) is 4.90 Å². The first-order valence-corrected chi connectivity index (χ1v) is 11.4. The Morgan fingerprint density at radius 1 is 1.16 bits per heavy atom. The SMILES string of the molecule is CC(C)(C)OC(=O)N1CCC[C@H]1C(=O)OCC(=O)c1cc(F)c(I)c(-c2ccccc2)c1. The van der Waals surface area contributed by atoms with Crippen molar-refractivity contribution in [3.63, 3.8) is 0 Å². The van der Waals surface area contributed by atoms with Crippen LogP contribution in [0.25, 0.3) is 11.1 Å². The van der Waals surface area contributed by atoms with E-state index in [0.29, 0.717) is 28.5 Å². The lowest BCUT2D eigenvalue weighted by molar-refractivity contribution is -0.147. The summed E-state index contributed by atoms with van der Waals surface area (Å²) in [5.41, 5.74) is 0.800. The number of ether oxygens (including phenoxy) is 2. The van der Waals surface area contributed by atoms with E-state index in [0.717, 1.165) is 11.6 Å². The third-order valence-corrected chi connectivity index (χ3v) is 6.03. The van der Waals surface area contributed by atoms with Crippen molar-refractivity contribution in [3.05, 3.63) is 57.4 Å². The molecule has 0 aliphatic carbocycles. The standard InChI is InChI=1S/C24H25FINO5/c1-24(2,3)32-23(30)27-11-7-10-19(27)22(29)31-14-20(28)16-12-17(21(26)18(25)13-16)15-8-5-4-6-9-15/h4-6,8-9,12-13,19H,7,10-11,14H2,1-3H3/t19-/m0/s1. The molecule has 0 saturated carbocycles. The van der Waals surface area contributed by atoms with E-state index in [1.807, 2.05) is 52.9 Å². The van der Waals surface area contributed by atoms with Crippen molar-refractivity contribution in [2.75, 3.05) is 13.2 Å². The predicted octanol–water partition coefficient (Wildman–Crippen LogP) is 5.22. The smallest absolute Gasteiger partial charge is 0.411 e. The maximum Gasteiger partial charge on any atom is 0.411 e. The summed E-state index contributed by atoms with van der Waals surface area (Å²) in [6.45, 7) is 5.08. The summed E-state index contributed by atoms with van der Waals surface area (Å²) >= 11 is 1.90. The summed E-state index contributed by atoms with van der Waals surface area (Å²) < 4.78 is 25.4. The summed E-state index contributed by atoms with van der Waals surface area (Å²) in [4.78, 5) is 38.9. The van der Waals surface area contributed by atoms with Gasteiger partial charge in [0.15, 0.2) is 12.4 Å². The Bertz CT molecular complexity index is 1020. The molecule has 1 atom stereocenters. The van der Waals surface area contributed by atoms with Gasteiger partial charge in [0.05, 0.1) is 3.57 Å². The van der Waals surface area contributed by atoms with Gasteiger partial charge in [-0.3, -0.25) is 9.69 Å². The monoisotopic (exact) mass is 553 g/mol. The van der Waals surface area contributed by atoms with E-state index >= 15 is 0 Å². The normalized spacial score (nSPS) is 16.0. The van der Waals surface area contributed by atoms with Crippen LogP contribution < -0.4 is 0 Å². The molecule has 1 heterocycles. The van der Waals surface area contributed by atoms with Crippen molar-refractivity contribution in [2.24, 2.45) is 0 Å². The average molecular weight is 553 g/mol. The third kappa shape index (κ3) is 5.85. The van der Waals surface area contributed by atoms with Gasteiger partial charge in [0.25, 0.3) is 0 Å². The topological polar surface area (TPSA) is 72.9 Å². The highest BCUT2D eigenvalue weighted by molar-refractivity contribution is 14.1. The highest BCUT2D eigenvalue weighted by atomic mass is 127. The second kappa shape index (κ2) is 9.97. The second-order valence-electron chi connectivity index (χ2n) is 8.55. The number of ketones is 1. The maximum absolute atomic E-state index is 14.5. The molecular weight excluding hydrogens is 528 g/mol. The zero-order valence-electron chi connectivity index (χ0n) is 18.2. The fourth-order valence-electron chi connectivity index (χ4n) is 3.44. The number of esters is 1. The molecular formula is C24H25FINO5. The van der Waals surface area contributed by atoms with Crippen LogP contribution in [0.1, 0.15) is 44.0 Å². The lowest BCUT2D eigenvalue weighted by Gasteiger charge is -2.27. The summed E-state index contributed by atoms with van der Waals surface area (Å²) in [6.07, 6.45) is 0.480. The molecule has 0 spiro atoms. The number of carbonyl (C=O) groups excluding carboxylic acids is 3. The van der Waals surface area contributed by atoms with Crippen LogP contribution in [-0.2, 0) is 14.3 Å². The molecule has 2 aromatic carbocycles. The van der Waals surface area contributed by atoms with Gasteiger partial charge in [-0.1, -0.05) is 30.3 Å². The van der Waals surface area contributed by atoms with Crippen LogP contribution in [0.15, 0.2) is 42.5 Å². The predicted molar refractivity (Wildman–Crippen MR) is 126 cm³/mol.